The van der Waals surface area contributed by atoms with Crippen LogP contribution in [0.5, 0.6) is 0 Å². The molecule has 18 heavy (non-hydrogen) atoms. The van der Waals surface area contributed by atoms with Crippen LogP contribution < -0.4 is 5.73 Å². The summed E-state index contributed by atoms with van der Waals surface area (Å²) in [7, 11) is 0. The van der Waals surface area contributed by atoms with Gasteiger partial charge in [0.2, 0.25) is 5.91 Å². The minimum Gasteiger partial charge on any atom is -0.338 e. The topological polar surface area (TPSA) is 46.3 Å². The van der Waals surface area contributed by atoms with Crippen molar-refractivity contribution in [3.05, 3.63) is 0 Å². The van der Waals surface area contributed by atoms with Crippen LogP contribution in [0.2, 0.25) is 0 Å². The summed E-state index contributed by atoms with van der Waals surface area (Å²) in [6, 6.07) is 0.251. The average molecular weight is 252 g/mol. The predicted octanol–water partition coefficient (Wildman–Crippen LogP) is 2.69. The molecule has 2 aliphatic carbocycles. The third-order valence-corrected chi connectivity index (χ3v) is 4.37. The second-order valence-electron chi connectivity index (χ2n) is 6.12. The molecule has 0 bridgehead atoms. The minimum atomic E-state index is -0.265. The fourth-order valence-electron chi connectivity index (χ4n) is 3.10. The van der Waals surface area contributed by atoms with Crippen molar-refractivity contribution in [2.75, 3.05) is 6.54 Å². The van der Waals surface area contributed by atoms with Gasteiger partial charge in [-0.1, -0.05) is 32.6 Å². The summed E-state index contributed by atoms with van der Waals surface area (Å²) in [6.45, 7) is 3.07. The van der Waals surface area contributed by atoms with E-state index in [1.807, 2.05) is 0 Å². The molecule has 2 N–H and O–H groups in total. The zero-order valence-corrected chi connectivity index (χ0v) is 11.7. The van der Waals surface area contributed by atoms with Crippen LogP contribution in [0.15, 0.2) is 0 Å². The van der Waals surface area contributed by atoms with E-state index in [2.05, 4.69) is 11.8 Å². The second kappa shape index (κ2) is 6.55. The number of carbonyl (C=O) groups is 1. The molecule has 2 fully saturated rings. The van der Waals surface area contributed by atoms with Crippen LogP contribution in [0, 0.1) is 5.92 Å². The number of hydrogen-bond donors (Lipinski definition) is 1. The minimum absolute atomic E-state index is 0.213. The number of amides is 1. The van der Waals surface area contributed by atoms with Gasteiger partial charge in [-0.2, -0.15) is 0 Å². The van der Waals surface area contributed by atoms with Crippen LogP contribution in [0.3, 0.4) is 0 Å². The molecule has 0 heterocycles. The van der Waals surface area contributed by atoms with E-state index in [-0.39, 0.29) is 11.9 Å². The van der Waals surface area contributed by atoms with Gasteiger partial charge in [-0.25, -0.2) is 0 Å². The van der Waals surface area contributed by atoms with Crippen molar-refractivity contribution in [2.45, 2.75) is 76.8 Å². The Balaban J connectivity index is 1.88. The molecule has 3 heteroatoms. The fraction of sp³-hybridized carbons (Fsp3) is 0.933. The quantitative estimate of drug-likeness (QED) is 0.790. The van der Waals surface area contributed by atoms with Crippen molar-refractivity contribution >= 4 is 5.91 Å². The Morgan fingerprint density at radius 1 is 1.22 bits per heavy atom. The van der Waals surface area contributed by atoms with Gasteiger partial charge in [0, 0.05) is 12.6 Å². The smallest absolute Gasteiger partial charge is 0.239 e. The third-order valence-electron chi connectivity index (χ3n) is 4.37. The van der Waals surface area contributed by atoms with Crippen LogP contribution in [-0.4, -0.2) is 29.4 Å². The number of carbonyl (C=O) groups excluding carboxylic acids is 1. The first kappa shape index (κ1) is 13.9. The number of nitrogens with zero attached hydrogens (tertiary/aromatic N) is 1. The summed E-state index contributed by atoms with van der Waals surface area (Å²) >= 11 is 0. The van der Waals surface area contributed by atoms with E-state index in [4.69, 9.17) is 5.73 Å². The first-order valence-electron chi connectivity index (χ1n) is 7.78. The van der Waals surface area contributed by atoms with Gasteiger partial charge in [0.05, 0.1) is 6.04 Å². The Hall–Kier alpha value is -0.570. The van der Waals surface area contributed by atoms with Gasteiger partial charge in [0.25, 0.3) is 0 Å². The lowest BCUT2D eigenvalue weighted by Crippen LogP contribution is -2.47. The van der Waals surface area contributed by atoms with Crippen molar-refractivity contribution in [2.24, 2.45) is 11.7 Å². The number of rotatable bonds is 6. The van der Waals surface area contributed by atoms with Gasteiger partial charge in [0.15, 0.2) is 0 Å². The lowest BCUT2D eigenvalue weighted by atomic mass is 9.88. The van der Waals surface area contributed by atoms with Crippen molar-refractivity contribution in [1.82, 2.24) is 4.90 Å². The average Bonchev–Trinajstić information content (AvgIpc) is 3.21. The zero-order valence-electron chi connectivity index (χ0n) is 11.7. The molecule has 0 aliphatic heterocycles. The molecular weight excluding hydrogens is 224 g/mol. The van der Waals surface area contributed by atoms with E-state index in [0.717, 1.165) is 25.3 Å². The Bertz CT molecular complexity index is 270. The lowest BCUT2D eigenvalue weighted by Gasteiger charge is -2.31. The molecular formula is C15H28N2O. The van der Waals surface area contributed by atoms with Crippen LogP contribution in [0.4, 0.5) is 0 Å². The first-order valence-corrected chi connectivity index (χ1v) is 7.78. The molecule has 1 amide bonds. The SMILES string of the molecule is CCC[C@@H](N)C(=O)N(CC1CCCCC1)C1CC1. The van der Waals surface area contributed by atoms with Crippen molar-refractivity contribution < 1.29 is 4.79 Å². The normalized spacial score (nSPS) is 22.8. The fourth-order valence-corrected chi connectivity index (χ4v) is 3.10. The van der Waals surface area contributed by atoms with Crippen molar-refractivity contribution in [3.8, 4) is 0 Å². The van der Waals surface area contributed by atoms with Gasteiger partial charge >= 0.3 is 0 Å². The molecule has 0 aromatic rings. The van der Waals surface area contributed by atoms with Gasteiger partial charge in [-0.3, -0.25) is 4.79 Å². The van der Waals surface area contributed by atoms with Gasteiger partial charge in [-0.15, -0.1) is 0 Å². The molecule has 3 nitrogen and oxygen atoms in total. The summed E-state index contributed by atoms with van der Waals surface area (Å²) in [4.78, 5) is 14.5. The van der Waals surface area contributed by atoms with E-state index in [9.17, 15) is 4.79 Å². The molecule has 2 aliphatic rings. The van der Waals surface area contributed by atoms with Crippen LogP contribution in [-0.2, 0) is 4.79 Å². The lowest BCUT2D eigenvalue weighted by molar-refractivity contribution is -0.134. The highest BCUT2D eigenvalue weighted by Crippen LogP contribution is 2.31. The molecule has 0 radical (unpaired) electrons. The molecule has 2 saturated carbocycles. The molecule has 0 aromatic carbocycles. The molecule has 0 spiro atoms. The van der Waals surface area contributed by atoms with E-state index in [1.165, 1.54) is 44.9 Å². The maximum Gasteiger partial charge on any atom is 0.239 e. The Kier molecular flexibility index (Phi) is 5.04. The molecule has 104 valence electrons. The van der Waals surface area contributed by atoms with Gasteiger partial charge < -0.3 is 10.6 Å². The highest BCUT2D eigenvalue weighted by molar-refractivity contribution is 5.82. The van der Waals surface area contributed by atoms with E-state index < -0.39 is 0 Å². The van der Waals surface area contributed by atoms with E-state index in [0.29, 0.717) is 6.04 Å². The number of hydrogen-bond acceptors (Lipinski definition) is 2. The Morgan fingerprint density at radius 3 is 2.44 bits per heavy atom. The van der Waals surface area contributed by atoms with E-state index in [1.54, 1.807) is 0 Å². The highest BCUT2D eigenvalue weighted by Gasteiger charge is 2.35. The molecule has 0 saturated heterocycles. The van der Waals surface area contributed by atoms with Gasteiger partial charge in [-0.05, 0) is 38.0 Å². The van der Waals surface area contributed by atoms with Crippen molar-refractivity contribution in [3.63, 3.8) is 0 Å². The standard InChI is InChI=1S/C15H28N2O/c1-2-6-14(16)15(18)17(13-9-10-13)11-12-7-4-3-5-8-12/h12-14H,2-11,16H2,1H3/t14-/m1/s1. The summed E-state index contributed by atoms with van der Waals surface area (Å²) in [5.41, 5.74) is 6.01. The zero-order chi connectivity index (χ0) is 13.0. The molecule has 1 atom stereocenters. The third kappa shape index (κ3) is 3.71. The molecule has 2 rings (SSSR count). The summed E-state index contributed by atoms with van der Waals surface area (Å²) in [6.07, 6.45) is 10.9. The van der Waals surface area contributed by atoms with Crippen LogP contribution >= 0.6 is 0 Å². The summed E-state index contributed by atoms with van der Waals surface area (Å²) in [5.74, 6) is 0.946. The van der Waals surface area contributed by atoms with E-state index >= 15 is 0 Å². The van der Waals surface area contributed by atoms with Crippen LogP contribution in [0.1, 0.15) is 64.7 Å². The Morgan fingerprint density at radius 2 is 1.89 bits per heavy atom. The summed E-state index contributed by atoms with van der Waals surface area (Å²) in [5, 5.41) is 0. The molecule has 0 unspecified atom stereocenters. The second-order valence-corrected chi connectivity index (χ2v) is 6.12. The van der Waals surface area contributed by atoms with Crippen LogP contribution in [0.25, 0.3) is 0 Å². The summed E-state index contributed by atoms with van der Waals surface area (Å²) < 4.78 is 0. The maximum absolute atomic E-state index is 12.4. The number of nitrogens with two attached hydrogens (primary N) is 1. The first-order chi connectivity index (χ1) is 8.72. The monoisotopic (exact) mass is 252 g/mol. The maximum atomic E-state index is 12.4. The Labute approximate surface area is 111 Å². The molecule has 0 aromatic heterocycles. The van der Waals surface area contributed by atoms with Crippen molar-refractivity contribution in [1.29, 1.82) is 0 Å². The highest BCUT2D eigenvalue weighted by atomic mass is 16.2. The largest absolute Gasteiger partial charge is 0.338 e. The predicted molar refractivity (Wildman–Crippen MR) is 74.2 cm³/mol. The van der Waals surface area contributed by atoms with Gasteiger partial charge in [0.1, 0.15) is 0 Å².